The lowest BCUT2D eigenvalue weighted by Gasteiger charge is -2.31. The Bertz CT molecular complexity index is 1160. The van der Waals surface area contributed by atoms with Crippen molar-refractivity contribution >= 4 is 28.3 Å². The average Bonchev–Trinajstić information content (AvgIpc) is 3.12. The summed E-state index contributed by atoms with van der Waals surface area (Å²) in [6, 6.07) is 7.46. The third-order valence-corrected chi connectivity index (χ3v) is 5.51. The van der Waals surface area contributed by atoms with Crippen molar-refractivity contribution in [1.29, 1.82) is 5.26 Å². The molecule has 2 aliphatic heterocycles. The van der Waals surface area contributed by atoms with Crippen LogP contribution in [-0.2, 0) is 9.53 Å². The zero-order valence-electron chi connectivity index (χ0n) is 14.6. The first-order chi connectivity index (χ1) is 13.6. The Kier molecular flexibility index (Phi) is 3.71. The standard InChI is InChI=1S/C20H14ClN3O4/c21-19-10(4-9-5-15-16(27-8-26-15)6-12(9)24-19)17-11(7-22)20(23)28-14-3-1-2-13(25)18(14)17/h4-6,17H,1-3,8,23H2/t17-/m0/s1. The van der Waals surface area contributed by atoms with Gasteiger partial charge in [0.25, 0.3) is 0 Å². The number of allylic oxidation sites excluding steroid dienone is 3. The predicted octanol–water partition coefficient (Wildman–Crippen LogP) is 3.43. The number of nitrogens with zero attached hydrogens (tertiary/aromatic N) is 2. The van der Waals surface area contributed by atoms with E-state index >= 15 is 0 Å². The molecule has 8 heteroatoms. The van der Waals surface area contributed by atoms with Crippen molar-refractivity contribution < 1.29 is 19.0 Å². The van der Waals surface area contributed by atoms with Crippen molar-refractivity contribution in [3.05, 3.63) is 51.7 Å². The van der Waals surface area contributed by atoms with Crippen LogP contribution in [0, 0.1) is 11.3 Å². The van der Waals surface area contributed by atoms with Gasteiger partial charge in [0.15, 0.2) is 17.3 Å². The highest BCUT2D eigenvalue weighted by Gasteiger charge is 2.39. The first-order valence-electron chi connectivity index (χ1n) is 8.80. The van der Waals surface area contributed by atoms with Gasteiger partial charge < -0.3 is 19.9 Å². The Labute approximate surface area is 164 Å². The summed E-state index contributed by atoms with van der Waals surface area (Å²) in [6.07, 6.45) is 1.68. The zero-order valence-corrected chi connectivity index (χ0v) is 15.4. The van der Waals surface area contributed by atoms with Gasteiger partial charge in [-0.15, -0.1) is 0 Å². The van der Waals surface area contributed by atoms with Crippen LogP contribution in [0.3, 0.4) is 0 Å². The number of nitriles is 1. The fraction of sp³-hybridized carbons (Fsp3) is 0.250. The molecule has 1 atom stereocenters. The molecule has 0 amide bonds. The van der Waals surface area contributed by atoms with Crippen LogP contribution < -0.4 is 15.2 Å². The SMILES string of the molecule is N#CC1=C(N)OC2=C(C(=O)CCC2)[C@H]1c1cc2cc3c(cc2nc1Cl)OCO3. The molecule has 0 bridgehead atoms. The summed E-state index contributed by atoms with van der Waals surface area (Å²) in [4.78, 5) is 17.2. The van der Waals surface area contributed by atoms with Crippen LogP contribution in [0.4, 0.5) is 0 Å². The minimum atomic E-state index is -0.698. The van der Waals surface area contributed by atoms with Crippen molar-refractivity contribution in [2.75, 3.05) is 6.79 Å². The molecule has 2 N–H and O–H groups in total. The quantitative estimate of drug-likeness (QED) is 0.737. The molecule has 1 aromatic heterocycles. The Hall–Kier alpha value is -3.24. The molecule has 1 aromatic carbocycles. The Morgan fingerprint density at radius 1 is 1.21 bits per heavy atom. The molecule has 3 heterocycles. The van der Waals surface area contributed by atoms with E-state index in [4.69, 9.17) is 31.5 Å². The number of nitrogens with two attached hydrogens (primary N) is 1. The summed E-state index contributed by atoms with van der Waals surface area (Å²) in [5, 5.41) is 10.7. The van der Waals surface area contributed by atoms with Crippen LogP contribution in [0.2, 0.25) is 5.15 Å². The summed E-state index contributed by atoms with van der Waals surface area (Å²) < 4.78 is 16.4. The molecule has 28 heavy (non-hydrogen) atoms. The van der Waals surface area contributed by atoms with E-state index in [0.717, 1.165) is 5.39 Å². The molecular formula is C20H14ClN3O4. The highest BCUT2D eigenvalue weighted by Crippen LogP contribution is 2.46. The minimum absolute atomic E-state index is 0.00259. The number of hydrogen-bond donors (Lipinski definition) is 1. The molecule has 0 fully saturated rings. The summed E-state index contributed by atoms with van der Waals surface area (Å²) in [5.74, 6) is 0.968. The Morgan fingerprint density at radius 2 is 2.00 bits per heavy atom. The number of aromatic nitrogens is 1. The zero-order chi connectivity index (χ0) is 19.4. The van der Waals surface area contributed by atoms with Gasteiger partial charge in [0.1, 0.15) is 22.6 Å². The molecular weight excluding hydrogens is 382 g/mol. The second-order valence-electron chi connectivity index (χ2n) is 6.80. The van der Waals surface area contributed by atoms with Crippen molar-refractivity contribution in [3.63, 3.8) is 0 Å². The Balaban J connectivity index is 1.74. The van der Waals surface area contributed by atoms with E-state index in [9.17, 15) is 10.1 Å². The lowest BCUT2D eigenvalue weighted by molar-refractivity contribution is -0.116. The van der Waals surface area contributed by atoms with Gasteiger partial charge in [-0.25, -0.2) is 4.98 Å². The molecule has 3 aliphatic rings. The van der Waals surface area contributed by atoms with E-state index < -0.39 is 5.92 Å². The summed E-state index contributed by atoms with van der Waals surface area (Å²) in [5.41, 5.74) is 7.78. The molecule has 2 aromatic rings. The van der Waals surface area contributed by atoms with Crippen molar-refractivity contribution in [2.45, 2.75) is 25.2 Å². The fourth-order valence-electron chi connectivity index (χ4n) is 3.93. The summed E-state index contributed by atoms with van der Waals surface area (Å²) in [7, 11) is 0. The van der Waals surface area contributed by atoms with Crippen molar-refractivity contribution in [1.82, 2.24) is 4.98 Å². The number of carbonyl (C=O) groups excluding carboxylic acids is 1. The van der Waals surface area contributed by atoms with Gasteiger partial charge in [0.05, 0.1) is 11.4 Å². The molecule has 5 rings (SSSR count). The molecule has 140 valence electrons. The third-order valence-electron chi connectivity index (χ3n) is 5.21. The fourth-order valence-corrected chi connectivity index (χ4v) is 4.18. The van der Waals surface area contributed by atoms with E-state index in [1.807, 2.05) is 6.07 Å². The number of ketones is 1. The second-order valence-corrected chi connectivity index (χ2v) is 7.16. The maximum atomic E-state index is 12.7. The number of benzene rings is 1. The molecule has 0 spiro atoms. The first-order valence-corrected chi connectivity index (χ1v) is 9.18. The molecule has 0 saturated carbocycles. The van der Waals surface area contributed by atoms with Crippen LogP contribution >= 0.6 is 11.6 Å². The van der Waals surface area contributed by atoms with E-state index in [1.54, 1.807) is 12.1 Å². The number of rotatable bonds is 1. The Morgan fingerprint density at radius 3 is 2.79 bits per heavy atom. The highest BCUT2D eigenvalue weighted by molar-refractivity contribution is 6.31. The molecule has 0 saturated heterocycles. The van der Waals surface area contributed by atoms with E-state index in [0.29, 0.717) is 53.2 Å². The van der Waals surface area contributed by atoms with Gasteiger partial charge in [-0.1, -0.05) is 11.6 Å². The van der Waals surface area contributed by atoms with Gasteiger partial charge in [-0.05, 0) is 18.6 Å². The number of Topliss-reactive ketones (excluding diaryl/α,β-unsaturated/α-hetero) is 1. The topological polar surface area (TPSA) is 107 Å². The normalized spacial score (nSPS) is 20.9. The summed E-state index contributed by atoms with van der Waals surface area (Å²) >= 11 is 6.51. The third kappa shape index (κ3) is 2.42. The largest absolute Gasteiger partial charge is 0.454 e. The number of pyridine rings is 1. The first kappa shape index (κ1) is 16.9. The maximum absolute atomic E-state index is 12.7. The summed E-state index contributed by atoms with van der Waals surface area (Å²) in [6.45, 7) is 0.148. The lowest BCUT2D eigenvalue weighted by Crippen LogP contribution is -2.27. The number of fused-ring (bicyclic) bond motifs is 2. The van der Waals surface area contributed by atoms with Gasteiger partial charge >= 0.3 is 0 Å². The van der Waals surface area contributed by atoms with Crippen LogP contribution in [-0.4, -0.2) is 17.6 Å². The van der Waals surface area contributed by atoms with Crippen molar-refractivity contribution in [3.8, 4) is 17.6 Å². The number of ether oxygens (including phenoxy) is 3. The average molecular weight is 396 g/mol. The van der Waals surface area contributed by atoms with E-state index in [1.165, 1.54) is 0 Å². The van der Waals surface area contributed by atoms with E-state index in [-0.39, 0.29) is 29.2 Å². The van der Waals surface area contributed by atoms with Crippen molar-refractivity contribution in [2.24, 2.45) is 5.73 Å². The smallest absolute Gasteiger partial charge is 0.231 e. The van der Waals surface area contributed by atoms with Gasteiger partial charge in [0, 0.05) is 35.4 Å². The highest BCUT2D eigenvalue weighted by atomic mass is 35.5. The van der Waals surface area contributed by atoms with E-state index in [2.05, 4.69) is 11.1 Å². The molecule has 0 radical (unpaired) electrons. The minimum Gasteiger partial charge on any atom is -0.454 e. The van der Waals surface area contributed by atoms with Crippen LogP contribution in [0.5, 0.6) is 11.5 Å². The molecule has 1 aliphatic carbocycles. The lowest BCUT2D eigenvalue weighted by atomic mass is 9.78. The second kappa shape index (κ2) is 6.14. The number of carbonyl (C=O) groups is 1. The molecule has 0 unspecified atom stereocenters. The van der Waals surface area contributed by atoms with Crippen LogP contribution in [0.25, 0.3) is 10.9 Å². The van der Waals surface area contributed by atoms with Gasteiger partial charge in [-0.2, -0.15) is 5.26 Å². The molecule has 7 nitrogen and oxygen atoms in total. The van der Waals surface area contributed by atoms with Gasteiger partial charge in [-0.3, -0.25) is 4.79 Å². The van der Waals surface area contributed by atoms with Gasteiger partial charge in [0.2, 0.25) is 12.7 Å². The monoisotopic (exact) mass is 395 g/mol. The number of halogens is 1. The van der Waals surface area contributed by atoms with Crippen LogP contribution in [0.1, 0.15) is 30.7 Å². The predicted molar refractivity (Wildman–Crippen MR) is 99.4 cm³/mol. The van der Waals surface area contributed by atoms with Crippen LogP contribution in [0.15, 0.2) is 41.0 Å². The number of hydrogen-bond acceptors (Lipinski definition) is 7. The maximum Gasteiger partial charge on any atom is 0.231 e.